The Balaban J connectivity index is 2.22. The molecule has 1 aliphatic carbocycles. The highest BCUT2D eigenvalue weighted by molar-refractivity contribution is 5.87. The largest absolute Gasteiger partial charge is 0.478 e. The Kier molecular flexibility index (Phi) is 2.01. The molecule has 0 aromatic rings. The van der Waals surface area contributed by atoms with Gasteiger partial charge in [-0.05, 0) is 19.3 Å². The fraction of sp³-hybridized carbons (Fsp3) is 0.800. The smallest absolute Gasteiger partial charge is 0.348 e. The lowest BCUT2D eigenvalue weighted by atomic mass is 9.88. The van der Waals surface area contributed by atoms with Gasteiger partial charge in [0.05, 0.1) is 5.92 Å². The SMILES string of the molecule is CCC1CC(C(=O)O)(C2CC2)OC1=O. The molecule has 2 rings (SSSR count). The van der Waals surface area contributed by atoms with Crippen molar-refractivity contribution in [3.05, 3.63) is 0 Å². The number of rotatable bonds is 3. The van der Waals surface area contributed by atoms with Crippen LogP contribution in [0.2, 0.25) is 0 Å². The first kappa shape index (κ1) is 9.49. The van der Waals surface area contributed by atoms with Crippen LogP contribution >= 0.6 is 0 Å². The van der Waals surface area contributed by atoms with E-state index in [9.17, 15) is 9.59 Å². The van der Waals surface area contributed by atoms with Crippen molar-refractivity contribution in [3.8, 4) is 0 Å². The fourth-order valence-corrected chi connectivity index (χ4v) is 2.17. The van der Waals surface area contributed by atoms with E-state index in [2.05, 4.69) is 0 Å². The van der Waals surface area contributed by atoms with Crippen molar-refractivity contribution in [3.63, 3.8) is 0 Å². The summed E-state index contributed by atoms with van der Waals surface area (Å²) in [4.78, 5) is 22.5. The van der Waals surface area contributed by atoms with Crippen molar-refractivity contribution in [2.45, 2.75) is 38.2 Å². The molecule has 78 valence electrons. The number of aliphatic carboxylic acids is 1. The Bertz CT molecular complexity index is 282. The Labute approximate surface area is 82.2 Å². The molecule has 0 spiro atoms. The molecule has 4 nitrogen and oxygen atoms in total. The molecule has 1 saturated carbocycles. The van der Waals surface area contributed by atoms with E-state index in [0.29, 0.717) is 12.8 Å². The maximum atomic E-state index is 11.4. The average molecular weight is 198 g/mol. The highest BCUT2D eigenvalue weighted by Crippen LogP contribution is 2.49. The summed E-state index contributed by atoms with van der Waals surface area (Å²) in [6.45, 7) is 1.89. The summed E-state index contributed by atoms with van der Waals surface area (Å²) in [5, 5.41) is 9.13. The summed E-state index contributed by atoms with van der Waals surface area (Å²) in [6, 6.07) is 0. The minimum Gasteiger partial charge on any atom is -0.478 e. The summed E-state index contributed by atoms with van der Waals surface area (Å²) < 4.78 is 5.10. The zero-order valence-corrected chi connectivity index (χ0v) is 8.16. The van der Waals surface area contributed by atoms with E-state index < -0.39 is 11.6 Å². The minimum absolute atomic E-state index is 0.0560. The van der Waals surface area contributed by atoms with Gasteiger partial charge < -0.3 is 9.84 Å². The Morgan fingerprint density at radius 3 is 2.64 bits per heavy atom. The molecule has 1 aliphatic heterocycles. The van der Waals surface area contributed by atoms with Crippen LogP contribution in [0.25, 0.3) is 0 Å². The Morgan fingerprint density at radius 2 is 2.29 bits per heavy atom. The summed E-state index contributed by atoms with van der Waals surface area (Å²) in [7, 11) is 0. The highest BCUT2D eigenvalue weighted by Gasteiger charge is 2.60. The van der Waals surface area contributed by atoms with Crippen LogP contribution in [-0.4, -0.2) is 22.6 Å². The summed E-state index contributed by atoms with van der Waals surface area (Å²) in [6.07, 6.45) is 2.77. The second-order valence-electron chi connectivity index (χ2n) is 4.20. The molecule has 1 heterocycles. The summed E-state index contributed by atoms with van der Waals surface area (Å²) in [5.41, 5.74) is -1.18. The van der Waals surface area contributed by atoms with E-state index in [1.807, 2.05) is 6.92 Å². The van der Waals surface area contributed by atoms with Crippen molar-refractivity contribution in [1.29, 1.82) is 0 Å². The predicted molar refractivity (Wildman–Crippen MR) is 47.6 cm³/mol. The van der Waals surface area contributed by atoms with Gasteiger partial charge in [-0.2, -0.15) is 0 Å². The van der Waals surface area contributed by atoms with Gasteiger partial charge in [-0.15, -0.1) is 0 Å². The highest BCUT2D eigenvalue weighted by atomic mass is 16.6. The van der Waals surface area contributed by atoms with Gasteiger partial charge in [0.1, 0.15) is 0 Å². The van der Waals surface area contributed by atoms with E-state index in [1.165, 1.54) is 0 Å². The number of hydrogen-bond donors (Lipinski definition) is 1. The van der Waals surface area contributed by atoms with Gasteiger partial charge in [-0.3, -0.25) is 4.79 Å². The van der Waals surface area contributed by atoms with Gasteiger partial charge >= 0.3 is 11.9 Å². The third kappa shape index (κ3) is 1.21. The van der Waals surface area contributed by atoms with Gasteiger partial charge in [-0.25, -0.2) is 4.79 Å². The van der Waals surface area contributed by atoms with E-state index >= 15 is 0 Å². The molecule has 2 unspecified atom stereocenters. The molecule has 0 amide bonds. The van der Waals surface area contributed by atoms with E-state index in [1.54, 1.807) is 0 Å². The maximum Gasteiger partial charge on any atom is 0.348 e. The van der Waals surface area contributed by atoms with Crippen molar-refractivity contribution >= 4 is 11.9 Å². The molecule has 0 aromatic carbocycles. The molecular weight excluding hydrogens is 184 g/mol. The number of carboxylic acid groups (broad SMARTS) is 1. The summed E-state index contributed by atoms with van der Waals surface area (Å²) >= 11 is 0. The van der Waals surface area contributed by atoms with Gasteiger partial charge in [0, 0.05) is 12.3 Å². The van der Waals surface area contributed by atoms with Gasteiger partial charge in [0.25, 0.3) is 0 Å². The molecule has 1 N–H and O–H groups in total. The lowest BCUT2D eigenvalue weighted by Crippen LogP contribution is -2.40. The van der Waals surface area contributed by atoms with Crippen LogP contribution in [0, 0.1) is 11.8 Å². The van der Waals surface area contributed by atoms with Crippen LogP contribution in [0.4, 0.5) is 0 Å². The van der Waals surface area contributed by atoms with Crippen LogP contribution < -0.4 is 0 Å². The Hall–Kier alpha value is -1.06. The van der Waals surface area contributed by atoms with E-state index in [0.717, 1.165) is 12.8 Å². The number of carbonyl (C=O) groups excluding carboxylic acids is 1. The van der Waals surface area contributed by atoms with Gasteiger partial charge in [0.2, 0.25) is 5.60 Å². The van der Waals surface area contributed by atoms with Crippen LogP contribution in [-0.2, 0) is 14.3 Å². The van der Waals surface area contributed by atoms with Crippen LogP contribution in [0.3, 0.4) is 0 Å². The molecule has 2 atom stereocenters. The Morgan fingerprint density at radius 1 is 1.64 bits per heavy atom. The van der Waals surface area contributed by atoms with Crippen molar-refractivity contribution in [1.82, 2.24) is 0 Å². The van der Waals surface area contributed by atoms with Crippen molar-refractivity contribution < 1.29 is 19.4 Å². The predicted octanol–water partition coefficient (Wildman–Crippen LogP) is 1.19. The lowest BCUT2D eigenvalue weighted by Gasteiger charge is -2.21. The first-order chi connectivity index (χ1) is 6.60. The third-order valence-electron chi connectivity index (χ3n) is 3.26. The number of cyclic esters (lactones) is 1. The van der Waals surface area contributed by atoms with Crippen LogP contribution in [0.5, 0.6) is 0 Å². The van der Waals surface area contributed by atoms with Gasteiger partial charge in [-0.1, -0.05) is 6.92 Å². The molecule has 4 heteroatoms. The van der Waals surface area contributed by atoms with Crippen molar-refractivity contribution in [2.75, 3.05) is 0 Å². The van der Waals surface area contributed by atoms with Gasteiger partial charge in [0.15, 0.2) is 0 Å². The molecule has 0 radical (unpaired) electrons. The first-order valence-corrected chi connectivity index (χ1v) is 5.06. The van der Waals surface area contributed by atoms with E-state index in [4.69, 9.17) is 9.84 Å². The second-order valence-corrected chi connectivity index (χ2v) is 4.20. The monoisotopic (exact) mass is 198 g/mol. The van der Waals surface area contributed by atoms with Crippen LogP contribution in [0.15, 0.2) is 0 Å². The molecule has 14 heavy (non-hydrogen) atoms. The molecule has 2 aliphatic rings. The standard InChI is InChI=1S/C10H14O4/c1-2-6-5-10(9(12)13,7-3-4-7)14-8(6)11/h6-7H,2-5H2,1H3,(H,12,13). The minimum atomic E-state index is -1.18. The fourth-order valence-electron chi connectivity index (χ4n) is 2.17. The normalized spacial score (nSPS) is 36.9. The number of ether oxygens (including phenoxy) is 1. The summed E-state index contributed by atoms with van der Waals surface area (Å²) in [5.74, 6) is -1.46. The number of esters is 1. The quantitative estimate of drug-likeness (QED) is 0.692. The average Bonchev–Trinajstić information content (AvgIpc) is 2.91. The zero-order valence-electron chi connectivity index (χ0n) is 8.16. The topological polar surface area (TPSA) is 63.6 Å². The lowest BCUT2D eigenvalue weighted by molar-refractivity contribution is -0.172. The molecular formula is C10H14O4. The van der Waals surface area contributed by atoms with Crippen molar-refractivity contribution in [2.24, 2.45) is 11.8 Å². The zero-order chi connectivity index (χ0) is 10.3. The molecule has 0 bridgehead atoms. The molecule has 0 aromatic heterocycles. The number of hydrogen-bond acceptors (Lipinski definition) is 3. The van der Waals surface area contributed by atoms with Crippen LogP contribution in [0.1, 0.15) is 32.6 Å². The number of carbonyl (C=O) groups is 2. The number of carboxylic acids is 1. The third-order valence-corrected chi connectivity index (χ3v) is 3.26. The first-order valence-electron chi connectivity index (χ1n) is 5.06. The molecule has 2 fully saturated rings. The maximum absolute atomic E-state index is 11.4. The molecule has 1 saturated heterocycles. The second kappa shape index (κ2) is 2.97. The van der Waals surface area contributed by atoms with E-state index in [-0.39, 0.29) is 17.8 Å².